The van der Waals surface area contributed by atoms with Crippen LogP contribution in [0.3, 0.4) is 0 Å². The summed E-state index contributed by atoms with van der Waals surface area (Å²) in [5, 5.41) is 0. The Bertz CT molecular complexity index is 382. The third-order valence-electron chi connectivity index (χ3n) is 2.45. The molecule has 1 aromatic heterocycles. The van der Waals surface area contributed by atoms with E-state index in [4.69, 9.17) is 10.5 Å². The van der Waals surface area contributed by atoms with Crippen LogP contribution in [0, 0.1) is 0 Å². The average Bonchev–Trinajstić information content (AvgIpc) is 2.70. The van der Waals surface area contributed by atoms with Gasteiger partial charge < -0.3 is 15.5 Å². The lowest BCUT2D eigenvalue weighted by atomic mass is 10.2. The highest BCUT2D eigenvalue weighted by Crippen LogP contribution is 2.24. The summed E-state index contributed by atoms with van der Waals surface area (Å²) in [5.74, 6) is 0.642. The third-order valence-corrected chi connectivity index (χ3v) is 2.45. The molecule has 1 atom stereocenters. The molecule has 82 valence electrons. The number of hydrogen-bond donors (Lipinski definition) is 2. The van der Waals surface area contributed by atoms with Crippen molar-refractivity contribution in [1.82, 2.24) is 9.97 Å². The van der Waals surface area contributed by atoms with Crippen molar-refractivity contribution in [3.63, 3.8) is 0 Å². The fourth-order valence-electron chi connectivity index (χ4n) is 1.75. The first-order valence-electron chi connectivity index (χ1n) is 5.21. The summed E-state index contributed by atoms with van der Waals surface area (Å²) in [4.78, 5) is 18.4. The van der Waals surface area contributed by atoms with Crippen LogP contribution in [0.25, 0.3) is 0 Å². The molecule has 1 unspecified atom stereocenters. The van der Waals surface area contributed by atoms with Crippen molar-refractivity contribution in [3.8, 4) is 0 Å². The highest BCUT2D eigenvalue weighted by molar-refractivity contribution is 5.05. The largest absolute Gasteiger partial charge is 0.370 e. The summed E-state index contributed by atoms with van der Waals surface area (Å²) in [5.41, 5.74) is 6.05. The van der Waals surface area contributed by atoms with Crippen molar-refractivity contribution in [2.75, 3.05) is 13.2 Å². The molecule has 15 heavy (non-hydrogen) atoms. The van der Waals surface area contributed by atoms with Crippen LogP contribution in [0.2, 0.25) is 0 Å². The Morgan fingerprint density at radius 2 is 2.53 bits per heavy atom. The molecule has 0 aromatic carbocycles. The van der Waals surface area contributed by atoms with Crippen molar-refractivity contribution in [1.29, 1.82) is 0 Å². The molecule has 5 nitrogen and oxygen atoms in total. The van der Waals surface area contributed by atoms with Gasteiger partial charge >= 0.3 is 0 Å². The normalized spacial score (nSPS) is 20.7. The third kappa shape index (κ3) is 2.43. The lowest BCUT2D eigenvalue weighted by Crippen LogP contribution is -2.17. The van der Waals surface area contributed by atoms with E-state index >= 15 is 0 Å². The molecule has 1 fully saturated rings. The van der Waals surface area contributed by atoms with Gasteiger partial charge in [-0.15, -0.1) is 0 Å². The maximum atomic E-state index is 11.4. The molecule has 1 saturated heterocycles. The molecule has 1 aliphatic heterocycles. The van der Waals surface area contributed by atoms with Crippen LogP contribution in [0.15, 0.2) is 10.9 Å². The van der Waals surface area contributed by atoms with Crippen LogP contribution in [-0.4, -0.2) is 23.1 Å². The van der Waals surface area contributed by atoms with E-state index < -0.39 is 0 Å². The minimum Gasteiger partial charge on any atom is -0.370 e. The topological polar surface area (TPSA) is 81.0 Å². The number of rotatable bonds is 3. The van der Waals surface area contributed by atoms with Crippen molar-refractivity contribution in [3.05, 3.63) is 27.9 Å². The second-order valence-electron chi connectivity index (χ2n) is 3.66. The summed E-state index contributed by atoms with van der Waals surface area (Å²) in [6, 6.07) is 1.49. The summed E-state index contributed by atoms with van der Waals surface area (Å²) >= 11 is 0. The molecule has 1 aromatic rings. The van der Waals surface area contributed by atoms with E-state index in [-0.39, 0.29) is 11.7 Å². The SMILES string of the molecule is NCCc1cc(=O)[nH]c(C2CCCO2)n1. The van der Waals surface area contributed by atoms with Gasteiger partial charge in [0.1, 0.15) is 11.9 Å². The van der Waals surface area contributed by atoms with Crippen molar-refractivity contribution < 1.29 is 4.74 Å². The molecule has 0 amide bonds. The Morgan fingerprint density at radius 1 is 1.67 bits per heavy atom. The van der Waals surface area contributed by atoms with E-state index in [9.17, 15) is 4.79 Å². The minimum atomic E-state index is -0.126. The second-order valence-corrected chi connectivity index (χ2v) is 3.66. The Kier molecular flexibility index (Phi) is 3.13. The number of nitrogens with two attached hydrogens (primary N) is 1. The monoisotopic (exact) mass is 209 g/mol. The van der Waals surface area contributed by atoms with Gasteiger partial charge in [-0.05, 0) is 19.4 Å². The van der Waals surface area contributed by atoms with Gasteiger partial charge in [-0.25, -0.2) is 4.98 Å². The van der Waals surface area contributed by atoms with Gasteiger partial charge in [0.2, 0.25) is 0 Å². The zero-order valence-corrected chi connectivity index (χ0v) is 8.53. The number of nitrogens with zero attached hydrogens (tertiary/aromatic N) is 1. The van der Waals surface area contributed by atoms with Gasteiger partial charge in [0, 0.05) is 24.8 Å². The highest BCUT2D eigenvalue weighted by Gasteiger charge is 2.20. The Balaban J connectivity index is 2.26. The average molecular weight is 209 g/mol. The van der Waals surface area contributed by atoms with Crippen LogP contribution in [0.1, 0.15) is 30.5 Å². The molecule has 0 spiro atoms. The molecular formula is C10H15N3O2. The zero-order chi connectivity index (χ0) is 10.7. The van der Waals surface area contributed by atoms with Gasteiger partial charge in [-0.3, -0.25) is 4.79 Å². The summed E-state index contributed by atoms with van der Waals surface area (Å²) in [6.07, 6.45) is 2.53. The number of hydrogen-bond acceptors (Lipinski definition) is 4. The Hall–Kier alpha value is -1.20. The number of aromatic nitrogens is 2. The molecule has 2 rings (SSSR count). The fourth-order valence-corrected chi connectivity index (χ4v) is 1.75. The minimum absolute atomic E-state index is 0.0459. The predicted octanol–water partition coefficient (Wildman–Crippen LogP) is 0.123. The first-order valence-corrected chi connectivity index (χ1v) is 5.21. The van der Waals surface area contributed by atoms with E-state index in [2.05, 4.69) is 9.97 Å². The highest BCUT2D eigenvalue weighted by atomic mass is 16.5. The number of ether oxygens (including phenoxy) is 1. The molecule has 0 radical (unpaired) electrons. The van der Waals surface area contributed by atoms with Gasteiger partial charge in [0.25, 0.3) is 5.56 Å². The fraction of sp³-hybridized carbons (Fsp3) is 0.600. The molecule has 0 saturated carbocycles. The first-order chi connectivity index (χ1) is 7.29. The van der Waals surface area contributed by atoms with Crippen molar-refractivity contribution in [2.45, 2.75) is 25.4 Å². The van der Waals surface area contributed by atoms with E-state index in [0.29, 0.717) is 18.8 Å². The summed E-state index contributed by atoms with van der Waals surface area (Å²) in [6.45, 7) is 1.25. The zero-order valence-electron chi connectivity index (χ0n) is 8.53. The molecule has 5 heteroatoms. The van der Waals surface area contributed by atoms with E-state index in [1.54, 1.807) is 0 Å². The molecular weight excluding hydrogens is 194 g/mol. The summed E-state index contributed by atoms with van der Waals surface area (Å²) in [7, 11) is 0. The Labute approximate surface area is 87.7 Å². The number of aromatic amines is 1. The van der Waals surface area contributed by atoms with E-state index in [1.165, 1.54) is 6.07 Å². The maximum absolute atomic E-state index is 11.4. The van der Waals surface area contributed by atoms with E-state index in [0.717, 1.165) is 25.1 Å². The second kappa shape index (κ2) is 4.55. The van der Waals surface area contributed by atoms with Crippen LogP contribution in [-0.2, 0) is 11.2 Å². The standard InChI is InChI=1S/C10H15N3O2/c11-4-3-7-6-9(14)13-10(12-7)8-2-1-5-15-8/h6,8H,1-5,11H2,(H,12,13,14). The predicted molar refractivity (Wildman–Crippen MR) is 55.5 cm³/mol. The van der Waals surface area contributed by atoms with Gasteiger partial charge in [-0.2, -0.15) is 0 Å². The van der Waals surface area contributed by atoms with Crippen molar-refractivity contribution >= 4 is 0 Å². The quantitative estimate of drug-likeness (QED) is 0.741. The molecule has 1 aliphatic rings. The smallest absolute Gasteiger partial charge is 0.251 e. The first kappa shape index (κ1) is 10.3. The number of H-pyrrole nitrogens is 1. The van der Waals surface area contributed by atoms with Gasteiger partial charge in [0.15, 0.2) is 0 Å². The molecule has 0 aliphatic carbocycles. The van der Waals surface area contributed by atoms with Crippen molar-refractivity contribution in [2.24, 2.45) is 5.73 Å². The molecule has 0 bridgehead atoms. The molecule has 3 N–H and O–H groups in total. The van der Waals surface area contributed by atoms with Crippen LogP contribution < -0.4 is 11.3 Å². The molecule has 2 heterocycles. The lowest BCUT2D eigenvalue weighted by molar-refractivity contribution is 0.104. The van der Waals surface area contributed by atoms with Crippen LogP contribution >= 0.6 is 0 Å². The van der Waals surface area contributed by atoms with Crippen LogP contribution in [0.5, 0.6) is 0 Å². The van der Waals surface area contributed by atoms with Gasteiger partial charge in [0.05, 0.1) is 0 Å². The number of nitrogens with one attached hydrogen (secondary N) is 1. The van der Waals surface area contributed by atoms with Crippen LogP contribution in [0.4, 0.5) is 0 Å². The lowest BCUT2D eigenvalue weighted by Gasteiger charge is -2.09. The summed E-state index contributed by atoms with van der Waals surface area (Å²) < 4.78 is 5.46. The van der Waals surface area contributed by atoms with E-state index in [1.807, 2.05) is 0 Å². The Morgan fingerprint density at radius 3 is 3.20 bits per heavy atom. The van der Waals surface area contributed by atoms with Gasteiger partial charge in [-0.1, -0.05) is 0 Å². The maximum Gasteiger partial charge on any atom is 0.251 e.